The van der Waals surface area contributed by atoms with E-state index in [-0.39, 0.29) is 11.3 Å². The van der Waals surface area contributed by atoms with Gasteiger partial charge in [-0.05, 0) is 51.3 Å². The molecule has 2 N–H and O–H groups in total. The zero-order chi connectivity index (χ0) is 17.8. The normalized spacial score (nSPS) is 22.3. The molecule has 2 aliphatic rings. The number of carbonyl (C=O) groups is 1. The lowest BCUT2D eigenvalue weighted by molar-refractivity contribution is -0.147. The van der Waals surface area contributed by atoms with Gasteiger partial charge in [-0.2, -0.15) is 0 Å². The van der Waals surface area contributed by atoms with Crippen molar-refractivity contribution in [3.63, 3.8) is 0 Å². The summed E-state index contributed by atoms with van der Waals surface area (Å²) in [5.74, 6) is 0.0640. The third kappa shape index (κ3) is 3.90. The lowest BCUT2D eigenvalue weighted by Gasteiger charge is -2.40. The van der Waals surface area contributed by atoms with Crippen molar-refractivity contribution in [3.05, 3.63) is 35.4 Å². The van der Waals surface area contributed by atoms with Crippen LogP contribution in [0.1, 0.15) is 56.1 Å². The van der Waals surface area contributed by atoms with Crippen molar-refractivity contribution in [1.29, 1.82) is 0 Å². The standard InChI is InChI=1S/C21H32N2O2/c1-17-7-6-8-18(15-17)20(9-4-3-5-10-20)16-23-19(24)21(25-2)11-13-22-14-12-21/h6-8,15,22H,3-5,9-14,16H2,1-2H3,(H,23,24). The lowest BCUT2D eigenvalue weighted by Crippen LogP contribution is -2.56. The van der Waals surface area contributed by atoms with Crippen LogP contribution >= 0.6 is 0 Å². The van der Waals surface area contributed by atoms with Crippen LogP contribution in [0.2, 0.25) is 0 Å². The molecule has 25 heavy (non-hydrogen) atoms. The predicted octanol–water partition coefficient (Wildman–Crippen LogP) is 3.08. The fourth-order valence-electron chi connectivity index (χ4n) is 4.54. The molecule has 1 saturated heterocycles. The number of methoxy groups -OCH3 is 1. The number of ether oxygens (including phenoxy) is 1. The Kier molecular flexibility index (Phi) is 5.80. The van der Waals surface area contributed by atoms with E-state index in [4.69, 9.17) is 4.74 Å². The molecule has 0 atom stereocenters. The van der Waals surface area contributed by atoms with Gasteiger partial charge in [-0.1, -0.05) is 49.1 Å². The summed E-state index contributed by atoms with van der Waals surface area (Å²) in [6, 6.07) is 8.83. The molecule has 1 aliphatic heterocycles. The topological polar surface area (TPSA) is 50.4 Å². The molecular formula is C21H32N2O2. The molecule has 0 radical (unpaired) electrons. The van der Waals surface area contributed by atoms with E-state index >= 15 is 0 Å². The number of carbonyl (C=O) groups excluding carboxylic acids is 1. The summed E-state index contributed by atoms with van der Waals surface area (Å²) in [6.07, 6.45) is 7.57. The highest BCUT2D eigenvalue weighted by Crippen LogP contribution is 2.39. The molecule has 1 aliphatic carbocycles. The van der Waals surface area contributed by atoms with Crippen LogP contribution in [0.3, 0.4) is 0 Å². The van der Waals surface area contributed by atoms with Gasteiger partial charge in [0.1, 0.15) is 5.60 Å². The summed E-state index contributed by atoms with van der Waals surface area (Å²) in [7, 11) is 1.67. The fourth-order valence-corrected chi connectivity index (χ4v) is 4.54. The maximum Gasteiger partial charge on any atom is 0.252 e. The number of amides is 1. The van der Waals surface area contributed by atoms with E-state index in [1.54, 1.807) is 7.11 Å². The van der Waals surface area contributed by atoms with Crippen LogP contribution in [-0.2, 0) is 14.9 Å². The molecule has 1 saturated carbocycles. The number of aryl methyl sites for hydroxylation is 1. The Bertz CT molecular complexity index is 587. The van der Waals surface area contributed by atoms with Crippen LogP contribution in [0.25, 0.3) is 0 Å². The average molecular weight is 344 g/mol. The Labute approximate surface area is 151 Å². The fraction of sp³-hybridized carbons (Fsp3) is 0.667. The van der Waals surface area contributed by atoms with Crippen molar-refractivity contribution in [2.75, 3.05) is 26.7 Å². The van der Waals surface area contributed by atoms with Crippen molar-refractivity contribution in [3.8, 4) is 0 Å². The minimum absolute atomic E-state index is 0.0640. The first-order chi connectivity index (χ1) is 12.1. The molecule has 4 heteroatoms. The van der Waals surface area contributed by atoms with Gasteiger partial charge in [-0.15, -0.1) is 0 Å². The van der Waals surface area contributed by atoms with E-state index < -0.39 is 5.60 Å². The van der Waals surface area contributed by atoms with E-state index in [2.05, 4.69) is 41.8 Å². The molecular weight excluding hydrogens is 312 g/mol. The number of benzene rings is 1. The largest absolute Gasteiger partial charge is 0.368 e. The van der Waals surface area contributed by atoms with E-state index in [0.29, 0.717) is 6.54 Å². The molecule has 138 valence electrons. The number of rotatable bonds is 5. The number of hydrogen-bond donors (Lipinski definition) is 2. The van der Waals surface area contributed by atoms with Gasteiger partial charge in [0, 0.05) is 19.1 Å². The summed E-state index contributed by atoms with van der Waals surface area (Å²) in [5, 5.41) is 6.59. The van der Waals surface area contributed by atoms with E-state index in [9.17, 15) is 4.79 Å². The molecule has 1 heterocycles. The van der Waals surface area contributed by atoms with Crippen LogP contribution in [0, 0.1) is 6.92 Å². The number of piperidine rings is 1. The zero-order valence-electron chi connectivity index (χ0n) is 15.7. The van der Waals surface area contributed by atoms with Crippen molar-refractivity contribution < 1.29 is 9.53 Å². The predicted molar refractivity (Wildman–Crippen MR) is 101 cm³/mol. The van der Waals surface area contributed by atoms with Gasteiger partial charge in [0.15, 0.2) is 0 Å². The second-order valence-corrected chi connectivity index (χ2v) is 7.84. The van der Waals surface area contributed by atoms with Gasteiger partial charge in [-0.25, -0.2) is 0 Å². The molecule has 1 amide bonds. The maximum absolute atomic E-state index is 13.0. The van der Waals surface area contributed by atoms with E-state index in [1.165, 1.54) is 30.4 Å². The van der Waals surface area contributed by atoms with Gasteiger partial charge in [0.2, 0.25) is 0 Å². The second-order valence-electron chi connectivity index (χ2n) is 7.84. The third-order valence-electron chi connectivity index (χ3n) is 6.24. The Hall–Kier alpha value is -1.39. The summed E-state index contributed by atoms with van der Waals surface area (Å²) < 4.78 is 5.69. The van der Waals surface area contributed by atoms with Crippen LogP contribution in [0.5, 0.6) is 0 Å². The first kappa shape index (κ1) is 18.4. The highest BCUT2D eigenvalue weighted by molar-refractivity contribution is 5.85. The lowest BCUT2D eigenvalue weighted by atomic mass is 9.69. The molecule has 1 aromatic carbocycles. The molecule has 0 bridgehead atoms. The highest BCUT2D eigenvalue weighted by Gasteiger charge is 2.41. The Morgan fingerprint density at radius 3 is 2.52 bits per heavy atom. The van der Waals surface area contributed by atoms with Crippen molar-refractivity contribution in [2.24, 2.45) is 0 Å². The van der Waals surface area contributed by atoms with Crippen molar-refractivity contribution in [2.45, 2.75) is 62.9 Å². The van der Waals surface area contributed by atoms with Gasteiger partial charge >= 0.3 is 0 Å². The van der Waals surface area contributed by atoms with Gasteiger partial charge in [-0.3, -0.25) is 4.79 Å². The molecule has 1 aromatic rings. The van der Waals surface area contributed by atoms with Crippen LogP contribution in [-0.4, -0.2) is 38.3 Å². The van der Waals surface area contributed by atoms with Gasteiger partial charge < -0.3 is 15.4 Å². The second kappa shape index (κ2) is 7.88. The summed E-state index contributed by atoms with van der Waals surface area (Å²) in [4.78, 5) is 13.0. The molecule has 0 aromatic heterocycles. The minimum atomic E-state index is -0.659. The molecule has 0 unspecified atom stereocenters. The average Bonchev–Trinajstić information content (AvgIpc) is 2.67. The first-order valence-corrected chi connectivity index (χ1v) is 9.72. The summed E-state index contributed by atoms with van der Waals surface area (Å²) >= 11 is 0. The zero-order valence-corrected chi connectivity index (χ0v) is 15.7. The van der Waals surface area contributed by atoms with Crippen molar-refractivity contribution >= 4 is 5.91 Å². The van der Waals surface area contributed by atoms with Crippen molar-refractivity contribution in [1.82, 2.24) is 10.6 Å². The Balaban J connectivity index is 1.76. The first-order valence-electron chi connectivity index (χ1n) is 9.72. The Morgan fingerprint density at radius 2 is 1.88 bits per heavy atom. The maximum atomic E-state index is 13.0. The van der Waals surface area contributed by atoms with Gasteiger partial charge in [0.25, 0.3) is 5.91 Å². The summed E-state index contributed by atoms with van der Waals surface area (Å²) in [5.41, 5.74) is 2.08. The van der Waals surface area contributed by atoms with E-state index in [1.807, 2.05) is 0 Å². The SMILES string of the molecule is COC1(C(=O)NCC2(c3cccc(C)c3)CCCCC2)CCNCC1. The van der Waals surface area contributed by atoms with Crippen LogP contribution < -0.4 is 10.6 Å². The Morgan fingerprint density at radius 1 is 1.16 bits per heavy atom. The van der Waals surface area contributed by atoms with Crippen LogP contribution in [0.4, 0.5) is 0 Å². The summed E-state index contributed by atoms with van der Waals surface area (Å²) in [6.45, 7) is 4.54. The third-order valence-corrected chi connectivity index (χ3v) is 6.24. The molecule has 0 spiro atoms. The van der Waals surface area contributed by atoms with Gasteiger partial charge in [0.05, 0.1) is 0 Å². The molecule has 3 rings (SSSR count). The van der Waals surface area contributed by atoms with E-state index in [0.717, 1.165) is 38.8 Å². The quantitative estimate of drug-likeness (QED) is 0.863. The highest BCUT2D eigenvalue weighted by atomic mass is 16.5. The monoisotopic (exact) mass is 344 g/mol. The minimum Gasteiger partial charge on any atom is -0.368 e. The molecule has 2 fully saturated rings. The van der Waals surface area contributed by atoms with Crippen LogP contribution in [0.15, 0.2) is 24.3 Å². The number of hydrogen-bond acceptors (Lipinski definition) is 3. The number of nitrogens with one attached hydrogen (secondary N) is 2. The molecule has 4 nitrogen and oxygen atoms in total. The smallest absolute Gasteiger partial charge is 0.252 e.